The lowest BCUT2D eigenvalue weighted by molar-refractivity contribution is 0.102. The molecule has 0 radical (unpaired) electrons. The quantitative estimate of drug-likeness (QED) is 0.507. The molecule has 0 bridgehead atoms. The molecule has 1 fully saturated rings. The molecule has 10 nitrogen and oxygen atoms in total. The maximum atomic E-state index is 13.1. The minimum absolute atomic E-state index is 0.326. The summed E-state index contributed by atoms with van der Waals surface area (Å²) in [6.45, 7) is 9.73. The Morgan fingerprint density at radius 2 is 1.81 bits per heavy atom. The highest BCUT2D eigenvalue weighted by molar-refractivity contribution is 6.12. The SMILES string of the molecule is Cc1cn2nc(NC(=O)c3cnc(N4CC(C)NC(C)C4)c4nccnc34)cc2c(C)n1. The van der Waals surface area contributed by atoms with Crippen LogP contribution in [0.15, 0.2) is 30.9 Å². The number of carbonyl (C=O) groups excluding carboxylic acids is 1. The number of nitrogens with zero attached hydrogens (tertiary/aromatic N) is 7. The van der Waals surface area contributed by atoms with Gasteiger partial charge in [0.25, 0.3) is 5.91 Å². The van der Waals surface area contributed by atoms with E-state index in [2.05, 4.69) is 54.4 Å². The molecule has 5 heterocycles. The van der Waals surface area contributed by atoms with Crippen molar-refractivity contribution in [3.8, 4) is 0 Å². The monoisotopic (exact) mass is 431 g/mol. The Morgan fingerprint density at radius 3 is 2.56 bits per heavy atom. The second kappa shape index (κ2) is 7.79. The molecule has 1 aliphatic heterocycles. The first kappa shape index (κ1) is 20.3. The van der Waals surface area contributed by atoms with Crippen LogP contribution in [0.1, 0.15) is 35.6 Å². The molecule has 4 aromatic rings. The highest BCUT2D eigenvalue weighted by Gasteiger charge is 2.25. The van der Waals surface area contributed by atoms with Gasteiger partial charge < -0.3 is 15.5 Å². The van der Waals surface area contributed by atoms with Gasteiger partial charge in [0.1, 0.15) is 11.0 Å². The van der Waals surface area contributed by atoms with Gasteiger partial charge in [0, 0.05) is 49.8 Å². The lowest BCUT2D eigenvalue weighted by atomic mass is 10.1. The van der Waals surface area contributed by atoms with Gasteiger partial charge in [-0.1, -0.05) is 0 Å². The van der Waals surface area contributed by atoms with Gasteiger partial charge in [0.05, 0.1) is 28.7 Å². The van der Waals surface area contributed by atoms with Gasteiger partial charge in [-0.2, -0.15) is 0 Å². The van der Waals surface area contributed by atoms with Gasteiger partial charge in [0.15, 0.2) is 11.6 Å². The van der Waals surface area contributed by atoms with Gasteiger partial charge in [-0.05, 0) is 27.7 Å². The predicted molar refractivity (Wildman–Crippen MR) is 122 cm³/mol. The molecule has 0 aliphatic carbocycles. The third-order valence-corrected chi connectivity index (χ3v) is 5.58. The molecule has 1 aliphatic rings. The number of hydrogen-bond donors (Lipinski definition) is 2. The standard InChI is InChI=1S/C22H25N9O/c1-12-9-30(10-13(2)26-12)21-20-19(23-5-6-24-20)16(8-25-21)22(32)28-18-7-17-15(4)27-14(3)11-31(17)29-18/h5-8,11-13,26H,9-10H2,1-4H3,(H,28,29,32). The highest BCUT2D eigenvalue weighted by atomic mass is 16.1. The van der Waals surface area contributed by atoms with E-state index >= 15 is 0 Å². The number of anilines is 2. The second-order valence-electron chi connectivity index (χ2n) is 8.40. The van der Waals surface area contributed by atoms with E-state index in [1.807, 2.05) is 20.0 Å². The molecule has 2 atom stereocenters. The van der Waals surface area contributed by atoms with Crippen LogP contribution in [0.3, 0.4) is 0 Å². The van der Waals surface area contributed by atoms with E-state index in [1.54, 1.807) is 29.2 Å². The fourth-order valence-corrected chi connectivity index (χ4v) is 4.38. The average Bonchev–Trinajstić information content (AvgIpc) is 3.14. The van der Waals surface area contributed by atoms with Crippen LogP contribution in [0, 0.1) is 13.8 Å². The molecule has 1 amide bonds. The van der Waals surface area contributed by atoms with Crippen molar-refractivity contribution >= 4 is 34.1 Å². The molecular formula is C22H25N9O. The van der Waals surface area contributed by atoms with Crippen LogP contribution in [0.2, 0.25) is 0 Å². The summed E-state index contributed by atoms with van der Waals surface area (Å²) in [5.74, 6) is 0.855. The van der Waals surface area contributed by atoms with Crippen molar-refractivity contribution in [1.82, 2.24) is 34.9 Å². The first-order chi connectivity index (χ1) is 15.4. The third-order valence-electron chi connectivity index (χ3n) is 5.58. The molecule has 2 unspecified atom stereocenters. The summed E-state index contributed by atoms with van der Waals surface area (Å²) >= 11 is 0. The van der Waals surface area contributed by atoms with E-state index in [4.69, 9.17) is 0 Å². The van der Waals surface area contributed by atoms with E-state index in [1.165, 1.54) is 0 Å². The maximum absolute atomic E-state index is 13.1. The summed E-state index contributed by atoms with van der Waals surface area (Å²) in [5, 5.41) is 10.8. The predicted octanol–water partition coefficient (Wildman–Crippen LogP) is 2.12. The van der Waals surface area contributed by atoms with Crippen molar-refractivity contribution in [2.24, 2.45) is 0 Å². The van der Waals surface area contributed by atoms with Crippen molar-refractivity contribution in [3.63, 3.8) is 0 Å². The topological polar surface area (TPSA) is 113 Å². The van der Waals surface area contributed by atoms with Crippen molar-refractivity contribution < 1.29 is 4.79 Å². The first-order valence-electron chi connectivity index (χ1n) is 10.6. The van der Waals surface area contributed by atoms with Crippen LogP contribution in [0.5, 0.6) is 0 Å². The summed E-state index contributed by atoms with van der Waals surface area (Å²) in [6.07, 6.45) is 6.62. The molecule has 0 aromatic carbocycles. The lowest BCUT2D eigenvalue weighted by Gasteiger charge is -2.37. The summed E-state index contributed by atoms with van der Waals surface area (Å²) < 4.78 is 1.72. The van der Waals surface area contributed by atoms with Gasteiger partial charge in [-0.25, -0.2) is 14.5 Å². The Hall–Kier alpha value is -3.66. The number of carbonyl (C=O) groups is 1. The van der Waals surface area contributed by atoms with Gasteiger partial charge >= 0.3 is 0 Å². The number of pyridine rings is 1. The normalized spacial score (nSPS) is 18.9. The third kappa shape index (κ3) is 3.62. The first-order valence-corrected chi connectivity index (χ1v) is 10.6. The molecule has 2 N–H and O–H groups in total. The summed E-state index contributed by atoms with van der Waals surface area (Å²) in [6, 6.07) is 2.46. The molecule has 0 saturated carbocycles. The Bertz CT molecular complexity index is 1320. The number of aryl methyl sites for hydroxylation is 2. The fraction of sp³-hybridized carbons (Fsp3) is 0.364. The van der Waals surface area contributed by atoms with Gasteiger partial charge in [0.2, 0.25) is 0 Å². The van der Waals surface area contributed by atoms with Crippen LogP contribution in [0.25, 0.3) is 16.6 Å². The van der Waals surface area contributed by atoms with Crippen LogP contribution in [0.4, 0.5) is 11.6 Å². The minimum atomic E-state index is -0.331. The zero-order valence-corrected chi connectivity index (χ0v) is 18.5. The van der Waals surface area contributed by atoms with Crippen LogP contribution in [-0.4, -0.2) is 60.6 Å². The van der Waals surface area contributed by atoms with E-state index in [0.717, 1.165) is 35.8 Å². The van der Waals surface area contributed by atoms with Crippen LogP contribution >= 0.6 is 0 Å². The maximum Gasteiger partial charge on any atom is 0.260 e. The van der Waals surface area contributed by atoms with Crippen LogP contribution in [-0.2, 0) is 0 Å². The fourth-order valence-electron chi connectivity index (χ4n) is 4.38. The largest absolute Gasteiger partial charge is 0.352 e. The van der Waals surface area contributed by atoms with Gasteiger partial charge in [-0.15, -0.1) is 5.10 Å². The highest BCUT2D eigenvalue weighted by Crippen LogP contribution is 2.26. The molecule has 5 rings (SSSR count). The molecule has 0 spiro atoms. The minimum Gasteiger partial charge on any atom is -0.352 e. The van der Waals surface area contributed by atoms with Crippen molar-refractivity contribution in [2.45, 2.75) is 39.8 Å². The number of rotatable bonds is 3. The number of nitrogens with one attached hydrogen (secondary N) is 2. The van der Waals surface area contributed by atoms with E-state index in [-0.39, 0.29) is 5.91 Å². The molecule has 164 valence electrons. The second-order valence-corrected chi connectivity index (χ2v) is 8.40. The average molecular weight is 432 g/mol. The van der Waals surface area contributed by atoms with Gasteiger partial charge in [-0.3, -0.25) is 14.8 Å². The number of piperazine rings is 1. The Balaban J connectivity index is 1.49. The number of hydrogen-bond acceptors (Lipinski definition) is 8. The molecule has 1 saturated heterocycles. The zero-order valence-electron chi connectivity index (χ0n) is 18.5. The zero-order chi connectivity index (χ0) is 22.4. The molecule has 10 heteroatoms. The number of amides is 1. The Morgan fingerprint density at radius 1 is 1.09 bits per heavy atom. The number of aromatic nitrogens is 6. The van der Waals surface area contributed by atoms with E-state index in [0.29, 0.717) is 34.5 Å². The van der Waals surface area contributed by atoms with Crippen molar-refractivity contribution in [1.29, 1.82) is 0 Å². The molecule has 32 heavy (non-hydrogen) atoms. The van der Waals surface area contributed by atoms with Crippen molar-refractivity contribution in [3.05, 3.63) is 47.8 Å². The van der Waals surface area contributed by atoms with E-state index in [9.17, 15) is 4.79 Å². The smallest absolute Gasteiger partial charge is 0.260 e. The summed E-state index contributed by atoms with van der Waals surface area (Å²) in [7, 11) is 0. The Labute approximate surface area is 185 Å². The summed E-state index contributed by atoms with van der Waals surface area (Å²) in [5.41, 5.74) is 4.04. The molecular weight excluding hydrogens is 406 g/mol. The van der Waals surface area contributed by atoms with E-state index < -0.39 is 0 Å². The summed E-state index contributed by atoms with van der Waals surface area (Å²) in [4.78, 5) is 33.4. The van der Waals surface area contributed by atoms with Crippen LogP contribution < -0.4 is 15.5 Å². The number of fused-ring (bicyclic) bond motifs is 2. The Kier molecular flexibility index (Phi) is 4.93. The molecule has 4 aromatic heterocycles. The van der Waals surface area contributed by atoms with Crippen molar-refractivity contribution in [2.75, 3.05) is 23.3 Å². The lowest BCUT2D eigenvalue weighted by Crippen LogP contribution is -2.54.